The number of phenols is 2. The van der Waals surface area contributed by atoms with Gasteiger partial charge in [-0.3, -0.25) is 4.79 Å². The minimum Gasteiger partial charge on any atom is -0.508 e. The molecule has 0 aliphatic heterocycles. The van der Waals surface area contributed by atoms with Gasteiger partial charge in [0.25, 0.3) is 5.91 Å². The Kier molecular flexibility index (Phi) is 4.00. The topological polar surface area (TPSA) is 78.8 Å². The lowest BCUT2D eigenvalue weighted by Crippen LogP contribution is -2.12. The Morgan fingerprint density at radius 3 is 2.65 bits per heavy atom. The van der Waals surface area contributed by atoms with E-state index >= 15 is 0 Å². The van der Waals surface area contributed by atoms with Gasteiger partial charge in [0.05, 0.1) is 17.7 Å². The second-order valence-electron chi connectivity index (χ2n) is 4.00. The fourth-order valence-electron chi connectivity index (χ4n) is 1.64. The molecule has 5 nitrogen and oxygen atoms in total. The van der Waals surface area contributed by atoms with E-state index in [-0.39, 0.29) is 17.1 Å². The maximum absolute atomic E-state index is 12.0. The van der Waals surface area contributed by atoms with Gasteiger partial charge in [-0.2, -0.15) is 0 Å². The van der Waals surface area contributed by atoms with Gasteiger partial charge in [-0.15, -0.1) is 0 Å². The van der Waals surface area contributed by atoms with Crippen LogP contribution in [0.15, 0.2) is 36.4 Å². The molecule has 0 bridgehead atoms. The summed E-state index contributed by atoms with van der Waals surface area (Å²) in [5.74, 6) is -0.463. The van der Waals surface area contributed by atoms with Crippen molar-refractivity contribution < 1.29 is 19.7 Å². The van der Waals surface area contributed by atoms with Crippen LogP contribution in [0, 0.1) is 0 Å². The Morgan fingerprint density at radius 2 is 1.95 bits per heavy atom. The average molecular weight is 294 g/mol. The van der Waals surface area contributed by atoms with Crippen LogP contribution in [0.1, 0.15) is 10.4 Å². The highest BCUT2D eigenvalue weighted by Crippen LogP contribution is 2.28. The van der Waals surface area contributed by atoms with Gasteiger partial charge in [0.15, 0.2) is 0 Å². The monoisotopic (exact) mass is 293 g/mol. The van der Waals surface area contributed by atoms with E-state index in [1.807, 2.05) is 0 Å². The highest BCUT2D eigenvalue weighted by molar-refractivity contribution is 6.32. The molecule has 0 unspecified atom stereocenters. The molecule has 0 fully saturated rings. The Bertz CT molecular complexity index is 658. The van der Waals surface area contributed by atoms with Crippen LogP contribution in [-0.4, -0.2) is 23.2 Å². The lowest BCUT2D eigenvalue weighted by Gasteiger charge is -2.09. The Balaban J connectivity index is 2.25. The first-order valence-corrected chi connectivity index (χ1v) is 6.06. The van der Waals surface area contributed by atoms with Crippen LogP contribution < -0.4 is 10.1 Å². The molecule has 0 aliphatic carbocycles. The number of halogens is 1. The van der Waals surface area contributed by atoms with Crippen LogP contribution in [0.3, 0.4) is 0 Å². The molecule has 3 N–H and O–H groups in total. The number of hydrogen-bond donors (Lipinski definition) is 3. The molecule has 1 amide bonds. The van der Waals surface area contributed by atoms with Crippen LogP contribution in [0.2, 0.25) is 5.02 Å². The van der Waals surface area contributed by atoms with Crippen molar-refractivity contribution >= 4 is 23.2 Å². The second kappa shape index (κ2) is 5.71. The lowest BCUT2D eigenvalue weighted by molar-refractivity contribution is 0.102. The maximum atomic E-state index is 12.0. The van der Waals surface area contributed by atoms with Crippen molar-refractivity contribution in [3.8, 4) is 17.2 Å². The van der Waals surface area contributed by atoms with Gasteiger partial charge in [-0.05, 0) is 30.3 Å². The fourth-order valence-corrected chi connectivity index (χ4v) is 1.84. The van der Waals surface area contributed by atoms with Crippen LogP contribution >= 0.6 is 11.6 Å². The Labute approximate surface area is 120 Å². The van der Waals surface area contributed by atoms with Gasteiger partial charge in [0, 0.05) is 11.8 Å². The van der Waals surface area contributed by atoms with Gasteiger partial charge in [-0.25, -0.2) is 0 Å². The number of nitrogens with one attached hydrogen (secondary N) is 1. The molecule has 2 rings (SSSR count). The quantitative estimate of drug-likeness (QED) is 0.760. The summed E-state index contributed by atoms with van der Waals surface area (Å²) in [7, 11) is 1.47. The first-order valence-electron chi connectivity index (χ1n) is 5.68. The van der Waals surface area contributed by atoms with Crippen molar-refractivity contribution in [2.45, 2.75) is 0 Å². The van der Waals surface area contributed by atoms with Gasteiger partial charge < -0.3 is 20.3 Å². The smallest absolute Gasteiger partial charge is 0.259 e. The average Bonchev–Trinajstić information content (AvgIpc) is 2.43. The molecule has 0 saturated carbocycles. The summed E-state index contributed by atoms with van der Waals surface area (Å²) in [6.07, 6.45) is 0. The number of benzene rings is 2. The summed E-state index contributed by atoms with van der Waals surface area (Å²) >= 11 is 5.89. The highest BCUT2D eigenvalue weighted by Gasteiger charge is 2.13. The number of amides is 1. The molecule has 2 aromatic carbocycles. The third-order valence-electron chi connectivity index (χ3n) is 2.63. The van der Waals surface area contributed by atoms with E-state index in [4.69, 9.17) is 16.3 Å². The summed E-state index contributed by atoms with van der Waals surface area (Å²) in [6.45, 7) is 0. The van der Waals surface area contributed by atoms with Gasteiger partial charge in [-0.1, -0.05) is 11.6 Å². The number of methoxy groups -OCH3 is 1. The number of carbonyl (C=O) groups excluding carboxylic acids is 1. The molecule has 0 radical (unpaired) electrons. The molecule has 6 heteroatoms. The molecular weight excluding hydrogens is 282 g/mol. The van der Waals surface area contributed by atoms with Gasteiger partial charge >= 0.3 is 0 Å². The molecule has 0 saturated heterocycles. The molecule has 0 aliphatic rings. The Morgan fingerprint density at radius 1 is 1.20 bits per heavy atom. The van der Waals surface area contributed by atoms with E-state index in [9.17, 15) is 15.0 Å². The minimum absolute atomic E-state index is 0.0288. The van der Waals surface area contributed by atoms with Crippen LogP contribution in [0.4, 0.5) is 5.69 Å². The molecule has 0 heterocycles. The predicted molar refractivity (Wildman–Crippen MR) is 75.7 cm³/mol. The van der Waals surface area contributed by atoms with Crippen LogP contribution in [-0.2, 0) is 0 Å². The summed E-state index contributed by atoms with van der Waals surface area (Å²) < 4.78 is 5.04. The number of phenolic OH excluding ortho intramolecular Hbond substituents is 2. The van der Waals surface area contributed by atoms with Gasteiger partial charge in [0.2, 0.25) is 0 Å². The molecule has 0 atom stereocenters. The molecular formula is C14H12ClNO4. The zero-order valence-corrected chi connectivity index (χ0v) is 11.3. The number of rotatable bonds is 3. The third-order valence-corrected chi connectivity index (χ3v) is 2.95. The number of ether oxygens (including phenoxy) is 1. The normalized spacial score (nSPS) is 10.1. The summed E-state index contributed by atoms with van der Waals surface area (Å²) in [5.41, 5.74) is 0.429. The minimum atomic E-state index is -0.553. The largest absolute Gasteiger partial charge is 0.508 e. The van der Waals surface area contributed by atoms with Crippen molar-refractivity contribution in [2.75, 3.05) is 12.4 Å². The van der Waals surface area contributed by atoms with E-state index in [0.29, 0.717) is 16.5 Å². The maximum Gasteiger partial charge on any atom is 0.259 e. The van der Waals surface area contributed by atoms with Crippen LogP contribution in [0.25, 0.3) is 0 Å². The summed E-state index contributed by atoms with van der Waals surface area (Å²) in [6, 6.07) is 8.45. The molecule has 104 valence electrons. The van der Waals surface area contributed by atoms with Crippen molar-refractivity contribution in [2.24, 2.45) is 0 Å². The first-order chi connectivity index (χ1) is 9.51. The standard InChI is InChI=1S/C14H12ClNO4/c1-20-13-6-8(2-4-11(13)15)16-14(19)10-7-9(17)3-5-12(10)18/h2-7,17-18H,1H3,(H,16,19). The lowest BCUT2D eigenvalue weighted by atomic mass is 10.1. The predicted octanol–water partition coefficient (Wildman–Crippen LogP) is 3.01. The zero-order chi connectivity index (χ0) is 14.7. The molecule has 2 aromatic rings. The summed E-state index contributed by atoms with van der Waals surface area (Å²) in [5, 5.41) is 22.0. The fraction of sp³-hybridized carbons (Fsp3) is 0.0714. The van der Waals surface area contributed by atoms with E-state index < -0.39 is 5.91 Å². The van der Waals surface area contributed by atoms with Gasteiger partial charge in [0.1, 0.15) is 17.2 Å². The molecule has 0 spiro atoms. The SMILES string of the molecule is COc1cc(NC(=O)c2cc(O)ccc2O)ccc1Cl. The third kappa shape index (κ3) is 2.95. The molecule has 0 aromatic heterocycles. The van der Waals surface area contributed by atoms with E-state index in [1.54, 1.807) is 18.2 Å². The number of carbonyl (C=O) groups is 1. The van der Waals surface area contributed by atoms with Crippen LogP contribution in [0.5, 0.6) is 17.2 Å². The van der Waals surface area contributed by atoms with E-state index in [0.717, 1.165) is 0 Å². The van der Waals surface area contributed by atoms with Crippen molar-refractivity contribution in [1.82, 2.24) is 0 Å². The van der Waals surface area contributed by atoms with Crippen molar-refractivity contribution in [3.63, 3.8) is 0 Å². The van der Waals surface area contributed by atoms with Crippen molar-refractivity contribution in [1.29, 1.82) is 0 Å². The second-order valence-corrected chi connectivity index (χ2v) is 4.41. The number of hydrogen-bond acceptors (Lipinski definition) is 4. The van der Waals surface area contributed by atoms with Crippen molar-refractivity contribution in [3.05, 3.63) is 47.0 Å². The summed E-state index contributed by atoms with van der Waals surface area (Å²) in [4.78, 5) is 12.0. The Hall–Kier alpha value is -2.40. The number of aromatic hydroxyl groups is 2. The van der Waals surface area contributed by atoms with E-state index in [1.165, 1.54) is 25.3 Å². The zero-order valence-electron chi connectivity index (χ0n) is 10.6. The first kappa shape index (κ1) is 14.0. The highest BCUT2D eigenvalue weighted by atomic mass is 35.5. The number of anilines is 1. The van der Waals surface area contributed by atoms with E-state index in [2.05, 4.69) is 5.32 Å². The molecule has 20 heavy (non-hydrogen) atoms.